The Morgan fingerprint density at radius 3 is 2.17 bits per heavy atom. The molecule has 0 saturated carbocycles. The molecule has 13 heteroatoms. The average Bonchev–Trinajstić information content (AvgIpc) is 2.98. The van der Waals surface area contributed by atoms with E-state index < -0.39 is 46.2 Å². The van der Waals surface area contributed by atoms with Gasteiger partial charge >= 0.3 is 12.4 Å². The Kier molecular flexibility index (Phi) is 8.88. The number of piperazine rings is 1. The Morgan fingerprint density at radius 2 is 1.57 bits per heavy atom. The van der Waals surface area contributed by atoms with Gasteiger partial charge in [-0.3, -0.25) is 9.69 Å². The zero-order valence-electron chi connectivity index (χ0n) is 26.1. The number of anilines is 2. The van der Waals surface area contributed by atoms with Gasteiger partial charge in [0.1, 0.15) is 11.6 Å². The van der Waals surface area contributed by atoms with E-state index in [-0.39, 0.29) is 23.8 Å². The van der Waals surface area contributed by atoms with E-state index >= 15 is 0 Å². The first-order chi connectivity index (χ1) is 21.4. The number of ether oxygens (including phenoxy) is 1. The third-order valence-electron chi connectivity index (χ3n) is 8.94. The van der Waals surface area contributed by atoms with E-state index in [0.29, 0.717) is 54.4 Å². The van der Waals surface area contributed by atoms with Crippen LogP contribution >= 0.6 is 0 Å². The van der Waals surface area contributed by atoms with Crippen molar-refractivity contribution in [3.8, 4) is 11.1 Å². The number of hydrogen-bond acceptors (Lipinski definition) is 5. The number of morpholine rings is 1. The molecule has 2 saturated heterocycles. The topological polar surface area (TPSA) is 48.9 Å². The van der Waals surface area contributed by atoms with Crippen LogP contribution in [0.5, 0.6) is 0 Å². The summed E-state index contributed by atoms with van der Waals surface area (Å²) in [4.78, 5) is 24.4. The maximum atomic E-state index is 14.1. The van der Waals surface area contributed by atoms with Crippen LogP contribution in [-0.2, 0) is 27.3 Å². The Labute approximate surface area is 262 Å². The zero-order valence-corrected chi connectivity index (χ0v) is 26.1. The molecule has 0 spiro atoms. The summed E-state index contributed by atoms with van der Waals surface area (Å²) >= 11 is 0. The molecule has 2 aliphatic heterocycles. The molecule has 46 heavy (non-hydrogen) atoms. The predicted octanol–water partition coefficient (Wildman–Crippen LogP) is 7.08. The number of halogens is 7. The van der Waals surface area contributed by atoms with E-state index in [2.05, 4.69) is 21.7 Å². The van der Waals surface area contributed by atoms with Crippen molar-refractivity contribution in [1.29, 1.82) is 0 Å². The fourth-order valence-electron chi connectivity index (χ4n) is 6.24. The normalized spacial score (nSPS) is 19.6. The number of hydrogen-bond donors (Lipinski definition) is 0. The van der Waals surface area contributed by atoms with Gasteiger partial charge in [-0.2, -0.15) is 26.3 Å². The van der Waals surface area contributed by atoms with Gasteiger partial charge in [0.2, 0.25) is 5.91 Å². The number of aryl methyl sites for hydroxylation is 1. The smallest absolute Gasteiger partial charge is 0.378 e. The second kappa shape index (κ2) is 12.1. The van der Waals surface area contributed by atoms with E-state index in [4.69, 9.17) is 4.74 Å². The molecule has 248 valence electrons. The van der Waals surface area contributed by atoms with E-state index in [1.807, 2.05) is 0 Å². The molecule has 3 aromatic rings. The Balaban J connectivity index is 1.58. The fraction of sp³-hybridized carbons (Fsp3) is 0.455. The molecule has 2 aliphatic rings. The first-order valence-electron chi connectivity index (χ1n) is 14.8. The minimum absolute atomic E-state index is 0.0338. The molecule has 2 atom stereocenters. The van der Waals surface area contributed by atoms with Crippen molar-refractivity contribution in [2.24, 2.45) is 0 Å². The van der Waals surface area contributed by atoms with Gasteiger partial charge in [-0.25, -0.2) is 9.37 Å². The molecule has 0 unspecified atom stereocenters. The second-order valence-corrected chi connectivity index (χ2v) is 12.5. The highest BCUT2D eigenvalue weighted by atomic mass is 19.4. The second-order valence-electron chi connectivity index (χ2n) is 12.5. The third-order valence-corrected chi connectivity index (χ3v) is 8.94. The predicted molar refractivity (Wildman–Crippen MR) is 160 cm³/mol. The van der Waals surface area contributed by atoms with E-state index in [1.54, 1.807) is 19.1 Å². The Hall–Kier alpha value is -3.71. The van der Waals surface area contributed by atoms with Crippen LogP contribution in [0.4, 0.5) is 42.2 Å². The van der Waals surface area contributed by atoms with Crippen LogP contribution in [0.3, 0.4) is 0 Å². The molecular weight excluding hydrogens is 617 g/mol. The average molecular weight is 653 g/mol. The minimum atomic E-state index is -5.07. The Morgan fingerprint density at radius 1 is 0.935 bits per heavy atom. The number of likely N-dealkylation sites (N-methyl/N-ethyl adjacent to an activating group) is 1. The molecule has 2 fully saturated rings. The zero-order chi connectivity index (χ0) is 33.8. The fourth-order valence-corrected chi connectivity index (χ4v) is 6.24. The molecule has 0 aliphatic carbocycles. The molecule has 5 rings (SSSR count). The van der Waals surface area contributed by atoms with Crippen LogP contribution in [-0.4, -0.2) is 67.8 Å². The lowest BCUT2D eigenvalue weighted by atomic mass is 9.81. The van der Waals surface area contributed by atoms with E-state index in [1.165, 1.54) is 44.1 Å². The minimum Gasteiger partial charge on any atom is -0.378 e. The summed E-state index contributed by atoms with van der Waals surface area (Å²) in [6, 6.07) is 7.38. The molecule has 0 N–H and O–H groups in total. The number of nitrogens with zero attached hydrogens (tertiary/aromatic N) is 4. The monoisotopic (exact) mass is 652 g/mol. The highest BCUT2D eigenvalue weighted by Gasteiger charge is 2.42. The largest absolute Gasteiger partial charge is 0.416 e. The number of pyridine rings is 1. The SMILES string of the molecule is Cc1cc(F)ccc1-c1cc(N2C[C@@H]3COCCN3C[C@H]2C)ncc1N(C)C(=O)C(C)(C)c1cc(C(F)(F)F)cc(C(F)(F)F)c1. The summed E-state index contributed by atoms with van der Waals surface area (Å²) < 4.78 is 102. The van der Waals surface area contributed by atoms with Crippen molar-refractivity contribution in [2.45, 2.75) is 57.5 Å². The van der Waals surface area contributed by atoms with Gasteiger partial charge in [-0.1, -0.05) is 6.07 Å². The van der Waals surface area contributed by atoms with Gasteiger partial charge in [0.25, 0.3) is 0 Å². The molecular formula is C33H35F7N4O2. The van der Waals surface area contributed by atoms with Gasteiger partial charge in [0.05, 0.1) is 47.7 Å². The summed E-state index contributed by atoms with van der Waals surface area (Å²) in [7, 11) is 1.39. The summed E-state index contributed by atoms with van der Waals surface area (Å²) in [5.41, 5.74) is -3.38. The Bertz CT molecular complexity index is 1590. The van der Waals surface area contributed by atoms with Gasteiger partial charge in [-0.15, -0.1) is 0 Å². The number of carbonyl (C=O) groups is 1. The number of carbonyl (C=O) groups excluding carboxylic acids is 1. The maximum Gasteiger partial charge on any atom is 0.416 e. The molecule has 6 nitrogen and oxygen atoms in total. The molecule has 0 radical (unpaired) electrons. The number of rotatable bonds is 5. The summed E-state index contributed by atoms with van der Waals surface area (Å²) in [5.74, 6) is -0.625. The van der Waals surface area contributed by atoms with E-state index in [0.717, 1.165) is 13.1 Å². The van der Waals surface area contributed by atoms with Crippen LogP contribution in [0.15, 0.2) is 48.7 Å². The van der Waals surface area contributed by atoms with Crippen molar-refractivity contribution in [2.75, 3.05) is 49.7 Å². The van der Waals surface area contributed by atoms with Gasteiger partial charge in [0, 0.05) is 38.3 Å². The lowest BCUT2D eigenvalue weighted by Gasteiger charge is -2.47. The van der Waals surface area contributed by atoms with E-state index in [9.17, 15) is 35.5 Å². The van der Waals surface area contributed by atoms with Gasteiger partial charge in [-0.05, 0) is 80.8 Å². The van der Waals surface area contributed by atoms with Crippen molar-refractivity contribution >= 4 is 17.4 Å². The van der Waals surface area contributed by atoms with Crippen molar-refractivity contribution in [3.63, 3.8) is 0 Å². The summed E-state index contributed by atoms with van der Waals surface area (Å²) in [6.45, 7) is 9.82. The van der Waals surface area contributed by atoms with Crippen molar-refractivity contribution in [3.05, 3.63) is 76.7 Å². The summed E-state index contributed by atoms with van der Waals surface area (Å²) in [5, 5.41) is 0. The molecule has 2 aromatic carbocycles. The lowest BCUT2D eigenvalue weighted by molar-refractivity contribution is -0.143. The summed E-state index contributed by atoms with van der Waals surface area (Å²) in [6.07, 6.45) is -8.67. The molecule has 3 heterocycles. The quantitative estimate of drug-likeness (QED) is 0.276. The number of benzene rings is 2. The number of aromatic nitrogens is 1. The van der Waals surface area contributed by atoms with Crippen LogP contribution in [0.2, 0.25) is 0 Å². The first-order valence-corrected chi connectivity index (χ1v) is 14.8. The van der Waals surface area contributed by atoms with Crippen molar-refractivity contribution < 1.29 is 40.3 Å². The van der Waals surface area contributed by atoms with Crippen LogP contribution < -0.4 is 9.80 Å². The third kappa shape index (κ3) is 6.57. The van der Waals surface area contributed by atoms with Crippen LogP contribution in [0.1, 0.15) is 43.0 Å². The molecule has 1 amide bonds. The highest BCUT2D eigenvalue weighted by Crippen LogP contribution is 2.41. The molecule has 1 aromatic heterocycles. The standard InChI is InChI=1S/C33H35F7N4O2/c1-19-10-24(34)6-7-26(19)27-14-29(44-17-25-18-46-9-8-43(25)16-20(44)2)41-15-28(27)42(5)30(45)31(3,4)21-11-22(32(35,36)37)13-23(12-21)33(38,39)40/h6-7,10-15,20,25H,8-9,16-18H2,1-5H3/t20-,25-/m1/s1. The number of amides is 1. The number of fused-ring (bicyclic) bond motifs is 1. The lowest BCUT2D eigenvalue weighted by Crippen LogP contribution is -2.61. The van der Waals surface area contributed by atoms with Crippen molar-refractivity contribution in [1.82, 2.24) is 9.88 Å². The number of alkyl halides is 6. The first kappa shape index (κ1) is 33.6. The van der Waals surface area contributed by atoms with Gasteiger partial charge < -0.3 is 14.5 Å². The van der Waals surface area contributed by atoms with Gasteiger partial charge in [0.15, 0.2) is 0 Å². The molecule has 0 bridgehead atoms. The van der Waals surface area contributed by atoms with Crippen LogP contribution in [0.25, 0.3) is 11.1 Å². The maximum absolute atomic E-state index is 14.1. The van der Waals surface area contributed by atoms with Crippen LogP contribution in [0, 0.1) is 12.7 Å². The highest BCUT2D eigenvalue weighted by molar-refractivity contribution is 6.03.